The lowest BCUT2D eigenvalue weighted by Gasteiger charge is -2.15. The standard InChI is InChI=1S/C8H10ClNO4S/c1-15(12,13)10(6-8(9)11)5-7-3-2-4-14-7/h2-4H,5-6H2,1H3. The van der Waals surface area contributed by atoms with Crippen LogP contribution in [0.5, 0.6) is 0 Å². The van der Waals surface area contributed by atoms with Crippen molar-refractivity contribution >= 4 is 26.9 Å². The van der Waals surface area contributed by atoms with E-state index in [-0.39, 0.29) is 13.1 Å². The predicted molar refractivity (Wildman–Crippen MR) is 54.8 cm³/mol. The van der Waals surface area contributed by atoms with Crippen LogP contribution >= 0.6 is 11.6 Å². The molecule has 7 heteroatoms. The van der Waals surface area contributed by atoms with Crippen molar-refractivity contribution in [2.24, 2.45) is 0 Å². The van der Waals surface area contributed by atoms with Crippen molar-refractivity contribution in [1.82, 2.24) is 4.31 Å². The van der Waals surface area contributed by atoms with Gasteiger partial charge in [0.05, 0.1) is 25.6 Å². The van der Waals surface area contributed by atoms with E-state index >= 15 is 0 Å². The first-order valence-electron chi connectivity index (χ1n) is 4.05. The predicted octanol–water partition coefficient (Wildman–Crippen LogP) is 0.807. The molecule has 0 saturated heterocycles. The number of sulfonamides is 1. The van der Waals surface area contributed by atoms with Crippen molar-refractivity contribution in [1.29, 1.82) is 0 Å². The van der Waals surface area contributed by atoms with Crippen LogP contribution in [0.4, 0.5) is 0 Å². The summed E-state index contributed by atoms with van der Waals surface area (Å²) in [4.78, 5) is 10.7. The number of carbonyl (C=O) groups excluding carboxylic acids is 1. The maximum Gasteiger partial charge on any atom is 0.236 e. The van der Waals surface area contributed by atoms with Crippen LogP contribution in [0.2, 0.25) is 0 Å². The Morgan fingerprint density at radius 1 is 1.60 bits per heavy atom. The lowest BCUT2D eigenvalue weighted by Crippen LogP contribution is -2.32. The second-order valence-corrected chi connectivity index (χ2v) is 5.37. The maximum atomic E-state index is 11.3. The van der Waals surface area contributed by atoms with Gasteiger partial charge in [0.1, 0.15) is 5.76 Å². The van der Waals surface area contributed by atoms with E-state index < -0.39 is 15.3 Å². The number of nitrogens with zero attached hydrogens (tertiary/aromatic N) is 1. The van der Waals surface area contributed by atoms with E-state index in [0.717, 1.165) is 10.6 Å². The van der Waals surface area contributed by atoms with E-state index in [9.17, 15) is 13.2 Å². The molecule has 1 aromatic heterocycles. The number of furan rings is 1. The number of rotatable bonds is 5. The number of hydrogen-bond acceptors (Lipinski definition) is 4. The fourth-order valence-electron chi connectivity index (χ4n) is 1.01. The second kappa shape index (κ2) is 4.78. The minimum atomic E-state index is -3.47. The molecule has 15 heavy (non-hydrogen) atoms. The third-order valence-electron chi connectivity index (χ3n) is 1.68. The van der Waals surface area contributed by atoms with Crippen LogP contribution in [0.15, 0.2) is 22.8 Å². The van der Waals surface area contributed by atoms with Gasteiger partial charge in [-0.2, -0.15) is 4.31 Å². The fraction of sp³-hybridized carbons (Fsp3) is 0.375. The molecule has 0 aliphatic rings. The van der Waals surface area contributed by atoms with Crippen LogP contribution in [0.25, 0.3) is 0 Å². The Morgan fingerprint density at radius 3 is 2.67 bits per heavy atom. The molecule has 0 fully saturated rings. The van der Waals surface area contributed by atoms with Crippen LogP contribution in [0, 0.1) is 0 Å². The smallest absolute Gasteiger partial charge is 0.236 e. The van der Waals surface area contributed by atoms with Gasteiger partial charge in [0.25, 0.3) is 0 Å². The Kier molecular flexibility index (Phi) is 3.90. The topological polar surface area (TPSA) is 67.6 Å². The molecule has 1 rings (SSSR count). The van der Waals surface area contributed by atoms with Gasteiger partial charge in [0.15, 0.2) is 0 Å². The summed E-state index contributed by atoms with van der Waals surface area (Å²) < 4.78 is 28.5. The van der Waals surface area contributed by atoms with Gasteiger partial charge in [-0.1, -0.05) is 0 Å². The summed E-state index contributed by atoms with van der Waals surface area (Å²) in [6.07, 6.45) is 2.44. The molecule has 0 bridgehead atoms. The molecule has 0 N–H and O–H groups in total. The molecule has 1 heterocycles. The molecular formula is C8H10ClNO4S. The van der Waals surface area contributed by atoms with Crippen molar-refractivity contribution in [2.45, 2.75) is 6.54 Å². The number of halogens is 1. The highest BCUT2D eigenvalue weighted by Crippen LogP contribution is 2.09. The molecular weight excluding hydrogens is 242 g/mol. The van der Waals surface area contributed by atoms with Gasteiger partial charge in [0.2, 0.25) is 15.3 Å². The monoisotopic (exact) mass is 251 g/mol. The zero-order valence-corrected chi connectivity index (χ0v) is 9.59. The summed E-state index contributed by atoms with van der Waals surface area (Å²) in [5.74, 6) is 0.457. The lowest BCUT2D eigenvalue weighted by molar-refractivity contribution is -0.112. The second-order valence-electron chi connectivity index (χ2n) is 2.97. The third kappa shape index (κ3) is 4.03. The SMILES string of the molecule is CS(=O)(=O)N(CC(=O)Cl)Cc1ccco1. The molecule has 1 aromatic rings. The molecule has 0 atom stereocenters. The molecule has 0 unspecified atom stereocenters. The first-order valence-corrected chi connectivity index (χ1v) is 6.28. The Labute approximate surface area is 92.7 Å². The van der Waals surface area contributed by atoms with E-state index in [2.05, 4.69) is 0 Å². The Bertz CT molecular complexity index is 426. The van der Waals surface area contributed by atoms with Gasteiger partial charge in [-0.25, -0.2) is 8.42 Å². The van der Waals surface area contributed by atoms with Gasteiger partial charge >= 0.3 is 0 Å². The largest absolute Gasteiger partial charge is 0.468 e. The van der Waals surface area contributed by atoms with E-state index in [4.69, 9.17) is 16.0 Å². The first kappa shape index (κ1) is 12.2. The average Bonchev–Trinajstić information content (AvgIpc) is 2.53. The van der Waals surface area contributed by atoms with Gasteiger partial charge in [-0.15, -0.1) is 0 Å². The molecule has 0 saturated carbocycles. The highest BCUT2D eigenvalue weighted by atomic mass is 35.5. The molecule has 0 aliphatic carbocycles. The number of hydrogen-bond donors (Lipinski definition) is 0. The molecule has 84 valence electrons. The van der Waals surface area contributed by atoms with E-state index in [1.807, 2.05) is 0 Å². The lowest BCUT2D eigenvalue weighted by atomic mass is 10.4. The summed E-state index contributed by atoms with van der Waals surface area (Å²) in [5, 5.41) is -0.730. The molecule has 0 aromatic carbocycles. The van der Waals surface area contributed by atoms with Crippen LogP contribution in [-0.4, -0.2) is 30.8 Å². The minimum Gasteiger partial charge on any atom is -0.468 e. The summed E-state index contributed by atoms with van der Waals surface area (Å²) in [6, 6.07) is 3.26. The van der Waals surface area contributed by atoms with Gasteiger partial charge in [-0.05, 0) is 23.7 Å². The Balaban J connectivity index is 2.79. The minimum absolute atomic E-state index is 0.00426. The van der Waals surface area contributed by atoms with Crippen molar-refractivity contribution < 1.29 is 17.6 Å². The summed E-state index contributed by atoms with van der Waals surface area (Å²) in [7, 11) is -3.47. The van der Waals surface area contributed by atoms with E-state index in [1.54, 1.807) is 12.1 Å². The van der Waals surface area contributed by atoms with E-state index in [0.29, 0.717) is 5.76 Å². The Hall–Kier alpha value is -0.850. The van der Waals surface area contributed by atoms with Gasteiger partial charge in [-0.3, -0.25) is 4.79 Å². The van der Waals surface area contributed by atoms with Crippen molar-refractivity contribution in [2.75, 3.05) is 12.8 Å². The molecule has 0 amide bonds. The first-order chi connectivity index (χ1) is 6.89. The average molecular weight is 252 g/mol. The quantitative estimate of drug-likeness (QED) is 0.726. The van der Waals surface area contributed by atoms with Crippen LogP contribution < -0.4 is 0 Å². The fourth-order valence-corrected chi connectivity index (χ4v) is 1.93. The summed E-state index contributed by atoms with van der Waals surface area (Å²) in [6.45, 7) is -0.356. The zero-order valence-electron chi connectivity index (χ0n) is 8.01. The van der Waals surface area contributed by atoms with Crippen LogP contribution in [-0.2, 0) is 21.4 Å². The molecule has 0 spiro atoms. The highest BCUT2D eigenvalue weighted by Gasteiger charge is 2.20. The normalized spacial score (nSPS) is 11.9. The molecule has 0 radical (unpaired) electrons. The summed E-state index contributed by atoms with van der Waals surface area (Å²) >= 11 is 5.14. The summed E-state index contributed by atoms with van der Waals surface area (Å²) in [5.41, 5.74) is 0. The third-order valence-corrected chi connectivity index (χ3v) is 3.00. The highest BCUT2D eigenvalue weighted by molar-refractivity contribution is 7.88. The maximum absolute atomic E-state index is 11.3. The van der Waals surface area contributed by atoms with Crippen molar-refractivity contribution in [3.8, 4) is 0 Å². The molecule has 5 nitrogen and oxygen atoms in total. The van der Waals surface area contributed by atoms with Crippen molar-refractivity contribution in [3.63, 3.8) is 0 Å². The zero-order chi connectivity index (χ0) is 11.5. The molecule has 0 aliphatic heterocycles. The van der Waals surface area contributed by atoms with Crippen LogP contribution in [0.1, 0.15) is 5.76 Å². The number of carbonyl (C=O) groups is 1. The van der Waals surface area contributed by atoms with Gasteiger partial charge in [0, 0.05) is 0 Å². The van der Waals surface area contributed by atoms with Crippen LogP contribution in [0.3, 0.4) is 0 Å². The van der Waals surface area contributed by atoms with E-state index in [1.165, 1.54) is 6.26 Å². The Morgan fingerprint density at radius 2 is 2.27 bits per heavy atom. The van der Waals surface area contributed by atoms with Crippen molar-refractivity contribution in [3.05, 3.63) is 24.2 Å². The van der Waals surface area contributed by atoms with Gasteiger partial charge < -0.3 is 4.42 Å².